The molecule has 1 aromatic carbocycles. The fourth-order valence-electron chi connectivity index (χ4n) is 1.40. The molecule has 0 radical (unpaired) electrons. The monoisotopic (exact) mass is 202 g/mol. The van der Waals surface area contributed by atoms with Crippen molar-refractivity contribution in [2.24, 2.45) is 0 Å². The van der Waals surface area contributed by atoms with Crippen molar-refractivity contribution in [3.05, 3.63) is 47.5 Å². The van der Waals surface area contributed by atoms with Crippen LogP contribution in [0, 0.1) is 0 Å². The molecule has 0 heterocycles. The minimum absolute atomic E-state index is 0.182. The molecule has 0 amide bonds. The normalized spacial score (nSPS) is 10.8. The van der Waals surface area contributed by atoms with Crippen molar-refractivity contribution in [3.63, 3.8) is 0 Å². The van der Waals surface area contributed by atoms with Crippen LogP contribution in [0.1, 0.15) is 31.4 Å². The predicted octanol–water partition coefficient (Wildman–Crippen LogP) is 3.33. The van der Waals surface area contributed by atoms with E-state index in [-0.39, 0.29) is 5.78 Å². The summed E-state index contributed by atoms with van der Waals surface area (Å²) in [5.74, 6) is 0.182. The third-order valence-corrected chi connectivity index (χ3v) is 2.35. The predicted molar refractivity (Wildman–Crippen MR) is 64.0 cm³/mol. The van der Waals surface area contributed by atoms with Crippen LogP contribution in [-0.4, -0.2) is 5.78 Å². The van der Waals surface area contributed by atoms with Gasteiger partial charge in [0, 0.05) is 6.42 Å². The maximum absolute atomic E-state index is 11.4. The van der Waals surface area contributed by atoms with Crippen LogP contribution in [0.3, 0.4) is 0 Å². The van der Waals surface area contributed by atoms with E-state index in [9.17, 15) is 4.79 Å². The van der Waals surface area contributed by atoms with Gasteiger partial charge in [-0.15, -0.1) is 0 Å². The van der Waals surface area contributed by atoms with E-state index in [0.29, 0.717) is 6.42 Å². The molecule has 1 rings (SSSR count). The van der Waals surface area contributed by atoms with Crippen molar-refractivity contribution in [2.75, 3.05) is 0 Å². The standard InChI is InChI=1S/C14H18O/c1-3-5-6-14(15)11-13-9-7-12(4-2)8-10-13/h5-10H,3-4,11H2,1-2H3/b6-5+. The van der Waals surface area contributed by atoms with Gasteiger partial charge in [0.05, 0.1) is 0 Å². The molecule has 0 aliphatic heterocycles. The molecule has 0 saturated heterocycles. The van der Waals surface area contributed by atoms with Crippen LogP contribution >= 0.6 is 0 Å². The Morgan fingerprint density at radius 1 is 1.13 bits per heavy atom. The lowest BCUT2D eigenvalue weighted by atomic mass is 10.1. The molecular formula is C14H18O. The van der Waals surface area contributed by atoms with Gasteiger partial charge in [-0.05, 0) is 30.0 Å². The summed E-state index contributed by atoms with van der Waals surface area (Å²) in [5.41, 5.74) is 2.41. The van der Waals surface area contributed by atoms with Gasteiger partial charge in [-0.1, -0.05) is 44.2 Å². The highest BCUT2D eigenvalue weighted by Crippen LogP contribution is 2.06. The highest BCUT2D eigenvalue weighted by Gasteiger charge is 1.99. The van der Waals surface area contributed by atoms with Crippen LogP contribution < -0.4 is 0 Å². The topological polar surface area (TPSA) is 17.1 Å². The van der Waals surface area contributed by atoms with Gasteiger partial charge in [0.25, 0.3) is 0 Å². The molecule has 0 spiro atoms. The van der Waals surface area contributed by atoms with E-state index in [2.05, 4.69) is 19.1 Å². The minimum Gasteiger partial charge on any atom is -0.294 e. The summed E-state index contributed by atoms with van der Waals surface area (Å²) in [4.78, 5) is 11.4. The van der Waals surface area contributed by atoms with Crippen LogP contribution in [0.25, 0.3) is 0 Å². The van der Waals surface area contributed by atoms with Crippen LogP contribution in [-0.2, 0) is 17.6 Å². The average molecular weight is 202 g/mol. The Bertz CT molecular complexity index is 333. The van der Waals surface area contributed by atoms with Crippen LogP contribution in [0.2, 0.25) is 0 Å². The zero-order valence-electron chi connectivity index (χ0n) is 9.49. The number of hydrogen-bond acceptors (Lipinski definition) is 1. The minimum atomic E-state index is 0.182. The molecule has 0 unspecified atom stereocenters. The molecule has 1 nitrogen and oxygen atoms in total. The van der Waals surface area contributed by atoms with Gasteiger partial charge in [0.15, 0.2) is 5.78 Å². The molecule has 0 aromatic heterocycles. The van der Waals surface area contributed by atoms with E-state index in [1.54, 1.807) is 6.08 Å². The van der Waals surface area contributed by atoms with Crippen LogP contribution in [0.15, 0.2) is 36.4 Å². The molecule has 0 bridgehead atoms. The summed E-state index contributed by atoms with van der Waals surface area (Å²) in [7, 11) is 0. The Labute approximate surface area is 91.8 Å². The van der Waals surface area contributed by atoms with Gasteiger partial charge >= 0.3 is 0 Å². The van der Waals surface area contributed by atoms with Gasteiger partial charge in [0.1, 0.15) is 0 Å². The SMILES string of the molecule is CC/C=C/C(=O)Cc1ccc(CC)cc1. The smallest absolute Gasteiger partial charge is 0.159 e. The first-order valence-electron chi connectivity index (χ1n) is 5.53. The molecule has 0 fully saturated rings. The Morgan fingerprint density at radius 2 is 1.73 bits per heavy atom. The summed E-state index contributed by atoms with van der Waals surface area (Å²) in [6.45, 7) is 4.16. The van der Waals surface area contributed by atoms with Gasteiger partial charge in [-0.3, -0.25) is 4.79 Å². The molecule has 1 aromatic rings. The van der Waals surface area contributed by atoms with Crippen molar-refractivity contribution in [2.45, 2.75) is 33.1 Å². The van der Waals surface area contributed by atoms with Gasteiger partial charge in [0.2, 0.25) is 0 Å². The fourth-order valence-corrected chi connectivity index (χ4v) is 1.40. The van der Waals surface area contributed by atoms with Crippen LogP contribution in [0.5, 0.6) is 0 Å². The fraction of sp³-hybridized carbons (Fsp3) is 0.357. The van der Waals surface area contributed by atoms with Crippen molar-refractivity contribution in [1.82, 2.24) is 0 Å². The highest BCUT2D eigenvalue weighted by molar-refractivity contribution is 5.91. The summed E-state index contributed by atoms with van der Waals surface area (Å²) >= 11 is 0. The summed E-state index contributed by atoms with van der Waals surface area (Å²) in [5, 5.41) is 0. The van der Waals surface area contributed by atoms with Gasteiger partial charge in [-0.2, -0.15) is 0 Å². The third-order valence-electron chi connectivity index (χ3n) is 2.35. The molecule has 0 N–H and O–H groups in total. The van der Waals surface area contributed by atoms with E-state index in [1.165, 1.54) is 5.56 Å². The summed E-state index contributed by atoms with van der Waals surface area (Å²) in [6.07, 6.45) is 6.06. The Kier molecular flexibility index (Phi) is 4.82. The molecule has 0 aliphatic rings. The Balaban J connectivity index is 2.57. The zero-order valence-corrected chi connectivity index (χ0v) is 9.49. The molecular weight excluding hydrogens is 184 g/mol. The average Bonchev–Trinajstić information content (AvgIpc) is 2.27. The van der Waals surface area contributed by atoms with Crippen molar-refractivity contribution in [3.8, 4) is 0 Å². The lowest BCUT2D eigenvalue weighted by Gasteiger charge is -1.99. The lowest BCUT2D eigenvalue weighted by molar-refractivity contribution is -0.114. The maximum Gasteiger partial charge on any atom is 0.159 e. The van der Waals surface area contributed by atoms with E-state index in [1.807, 2.05) is 25.1 Å². The third kappa shape index (κ3) is 4.11. The molecule has 0 aliphatic carbocycles. The number of ketones is 1. The number of aryl methyl sites for hydroxylation is 1. The number of carbonyl (C=O) groups is 1. The number of hydrogen-bond donors (Lipinski definition) is 0. The number of benzene rings is 1. The first kappa shape index (κ1) is 11.7. The Morgan fingerprint density at radius 3 is 2.27 bits per heavy atom. The lowest BCUT2D eigenvalue weighted by Crippen LogP contribution is -1.98. The second-order valence-corrected chi connectivity index (χ2v) is 3.62. The molecule has 80 valence electrons. The molecule has 0 saturated carbocycles. The van der Waals surface area contributed by atoms with E-state index < -0.39 is 0 Å². The second kappa shape index (κ2) is 6.18. The number of carbonyl (C=O) groups excluding carboxylic acids is 1. The number of allylic oxidation sites excluding steroid dienone is 2. The van der Waals surface area contributed by atoms with E-state index in [4.69, 9.17) is 0 Å². The summed E-state index contributed by atoms with van der Waals surface area (Å²) in [6, 6.07) is 8.26. The maximum atomic E-state index is 11.4. The van der Waals surface area contributed by atoms with Crippen molar-refractivity contribution >= 4 is 5.78 Å². The van der Waals surface area contributed by atoms with E-state index in [0.717, 1.165) is 18.4 Å². The van der Waals surface area contributed by atoms with E-state index >= 15 is 0 Å². The van der Waals surface area contributed by atoms with Crippen LogP contribution in [0.4, 0.5) is 0 Å². The molecule has 1 heteroatoms. The van der Waals surface area contributed by atoms with Gasteiger partial charge in [-0.25, -0.2) is 0 Å². The first-order chi connectivity index (χ1) is 7.26. The quantitative estimate of drug-likeness (QED) is 0.669. The number of rotatable bonds is 5. The van der Waals surface area contributed by atoms with Gasteiger partial charge < -0.3 is 0 Å². The largest absolute Gasteiger partial charge is 0.294 e. The highest BCUT2D eigenvalue weighted by atomic mass is 16.1. The second-order valence-electron chi connectivity index (χ2n) is 3.62. The first-order valence-corrected chi connectivity index (χ1v) is 5.53. The Hall–Kier alpha value is -1.37. The molecule has 0 atom stereocenters. The molecule has 15 heavy (non-hydrogen) atoms. The summed E-state index contributed by atoms with van der Waals surface area (Å²) < 4.78 is 0. The van der Waals surface area contributed by atoms with Crippen molar-refractivity contribution in [1.29, 1.82) is 0 Å². The van der Waals surface area contributed by atoms with Crippen molar-refractivity contribution < 1.29 is 4.79 Å². The zero-order chi connectivity index (χ0) is 11.1.